The molecule has 22 heavy (non-hydrogen) atoms. The highest BCUT2D eigenvalue weighted by Gasteiger charge is 2.20. The van der Waals surface area contributed by atoms with Crippen molar-refractivity contribution in [2.24, 2.45) is 0 Å². The van der Waals surface area contributed by atoms with Crippen LogP contribution >= 0.6 is 0 Å². The van der Waals surface area contributed by atoms with Crippen LogP contribution < -0.4 is 14.8 Å². The van der Waals surface area contributed by atoms with Gasteiger partial charge in [0.25, 0.3) is 5.91 Å². The third-order valence-electron chi connectivity index (χ3n) is 3.88. The van der Waals surface area contributed by atoms with E-state index < -0.39 is 6.10 Å². The Balaban J connectivity index is 1.92. The fourth-order valence-electron chi connectivity index (χ4n) is 2.57. The van der Waals surface area contributed by atoms with E-state index in [-0.39, 0.29) is 5.91 Å². The first-order valence-corrected chi connectivity index (χ1v) is 8.00. The zero-order chi connectivity index (χ0) is 15.8. The van der Waals surface area contributed by atoms with Gasteiger partial charge in [-0.3, -0.25) is 4.79 Å². The van der Waals surface area contributed by atoms with Crippen LogP contribution in [0.25, 0.3) is 0 Å². The fourth-order valence-corrected chi connectivity index (χ4v) is 2.57. The van der Waals surface area contributed by atoms with Gasteiger partial charge in [0.2, 0.25) is 0 Å². The third-order valence-corrected chi connectivity index (χ3v) is 3.88. The minimum Gasteiger partial charge on any atom is -0.493 e. The maximum atomic E-state index is 12.3. The number of hydrogen-bond acceptors (Lipinski definition) is 3. The lowest BCUT2D eigenvalue weighted by Crippen LogP contribution is -2.39. The lowest BCUT2D eigenvalue weighted by molar-refractivity contribution is -0.127. The lowest BCUT2D eigenvalue weighted by atomic mass is 9.99. The quantitative estimate of drug-likeness (QED) is 0.785. The summed E-state index contributed by atoms with van der Waals surface area (Å²) in [4.78, 5) is 12.3. The van der Waals surface area contributed by atoms with Gasteiger partial charge in [-0.05, 0) is 44.2 Å². The molecule has 0 heterocycles. The molecular formula is C18H25NO3. The van der Waals surface area contributed by atoms with E-state index >= 15 is 0 Å². The SMILES string of the molecule is CCC(Oc1ccccc1OC)C(=O)NCC1=CCCCC1. The molecule has 1 aromatic carbocycles. The molecule has 1 amide bonds. The Morgan fingerprint density at radius 1 is 1.27 bits per heavy atom. The second-order valence-electron chi connectivity index (χ2n) is 5.49. The van der Waals surface area contributed by atoms with Crippen molar-refractivity contribution in [3.63, 3.8) is 0 Å². The van der Waals surface area contributed by atoms with Crippen LogP contribution in [0.5, 0.6) is 11.5 Å². The number of rotatable bonds is 7. The van der Waals surface area contributed by atoms with Gasteiger partial charge in [-0.25, -0.2) is 0 Å². The standard InChI is InChI=1S/C18H25NO3/c1-3-15(22-17-12-8-7-11-16(17)21-2)18(20)19-13-14-9-5-4-6-10-14/h7-9,11-12,15H,3-6,10,13H2,1-2H3,(H,19,20). The Morgan fingerprint density at radius 3 is 2.68 bits per heavy atom. The van der Waals surface area contributed by atoms with Crippen LogP contribution in [-0.2, 0) is 4.79 Å². The molecule has 1 N–H and O–H groups in total. The normalized spacial score (nSPS) is 15.6. The molecule has 1 aliphatic rings. The van der Waals surface area contributed by atoms with E-state index in [2.05, 4.69) is 11.4 Å². The Morgan fingerprint density at radius 2 is 2.05 bits per heavy atom. The smallest absolute Gasteiger partial charge is 0.261 e. The van der Waals surface area contributed by atoms with E-state index in [1.807, 2.05) is 31.2 Å². The van der Waals surface area contributed by atoms with Crippen molar-refractivity contribution < 1.29 is 14.3 Å². The van der Waals surface area contributed by atoms with Gasteiger partial charge < -0.3 is 14.8 Å². The topological polar surface area (TPSA) is 47.6 Å². The van der Waals surface area contributed by atoms with Crippen molar-refractivity contribution in [1.29, 1.82) is 0 Å². The largest absolute Gasteiger partial charge is 0.493 e. The number of ether oxygens (including phenoxy) is 2. The highest BCUT2D eigenvalue weighted by Crippen LogP contribution is 2.27. The van der Waals surface area contributed by atoms with Gasteiger partial charge in [-0.2, -0.15) is 0 Å². The number of hydrogen-bond donors (Lipinski definition) is 1. The minimum atomic E-state index is -0.500. The van der Waals surface area contributed by atoms with Gasteiger partial charge in [0.15, 0.2) is 17.6 Å². The summed E-state index contributed by atoms with van der Waals surface area (Å²) in [7, 11) is 1.60. The van der Waals surface area contributed by atoms with Gasteiger partial charge >= 0.3 is 0 Å². The van der Waals surface area contributed by atoms with Gasteiger partial charge in [-0.1, -0.05) is 30.7 Å². The molecule has 0 bridgehead atoms. The summed E-state index contributed by atoms with van der Waals surface area (Å²) in [5, 5.41) is 2.99. The zero-order valence-electron chi connectivity index (χ0n) is 13.4. The summed E-state index contributed by atoms with van der Waals surface area (Å²) in [6.45, 7) is 2.57. The van der Waals surface area contributed by atoms with Crippen molar-refractivity contribution in [3.8, 4) is 11.5 Å². The number of methoxy groups -OCH3 is 1. The van der Waals surface area contributed by atoms with Crippen molar-refractivity contribution in [2.45, 2.75) is 45.1 Å². The maximum absolute atomic E-state index is 12.3. The molecule has 4 heteroatoms. The van der Waals surface area contributed by atoms with E-state index in [4.69, 9.17) is 9.47 Å². The molecule has 1 aliphatic carbocycles. The number of carbonyl (C=O) groups is 1. The molecule has 0 radical (unpaired) electrons. The number of nitrogens with one attached hydrogen (secondary N) is 1. The molecule has 0 saturated carbocycles. The van der Waals surface area contributed by atoms with Crippen LogP contribution in [0, 0.1) is 0 Å². The number of carbonyl (C=O) groups excluding carboxylic acids is 1. The van der Waals surface area contributed by atoms with Crippen LogP contribution in [-0.4, -0.2) is 25.7 Å². The minimum absolute atomic E-state index is 0.0696. The van der Waals surface area contributed by atoms with Crippen LogP contribution in [0.15, 0.2) is 35.9 Å². The molecule has 1 aromatic rings. The Bertz CT molecular complexity index is 525. The van der Waals surface area contributed by atoms with Crippen molar-refractivity contribution in [1.82, 2.24) is 5.32 Å². The van der Waals surface area contributed by atoms with E-state index in [9.17, 15) is 4.79 Å². The number of allylic oxidation sites excluding steroid dienone is 1. The number of para-hydroxylation sites is 2. The predicted molar refractivity (Wildman–Crippen MR) is 87.3 cm³/mol. The Hall–Kier alpha value is -1.97. The van der Waals surface area contributed by atoms with Crippen LogP contribution in [0.2, 0.25) is 0 Å². The summed E-state index contributed by atoms with van der Waals surface area (Å²) in [6.07, 6.45) is 7.04. The first-order chi connectivity index (χ1) is 10.7. The lowest BCUT2D eigenvalue weighted by Gasteiger charge is -2.20. The average Bonchev–Trinajstić information content (AvgIpc) is 2.58. The van der Waals surface area contributed by atoms with Gasteiger partial charge in [0.05, 0.1) is 7.11 Å². The molecular weight excluding hydrogens is 278 g/mol. The Kier molecular flexibility index (Phi) is 6.31. The van der Waals surface area contributed by atoms with Gasteiger partial charge in [0.1, 0.15) is 0 Å². The van der Waals surface area contributed by atoms with E-state index in [0.29, 0.717) is 24.5 Å². The second kappa shape index (κ2) is 8.47. The Labute approximate surface area is 132 Å². The molecule has 120 valence electrons. The van der Waals surface area contributed by atoms with Crippen molar-refractivity contribution in [3.05, 3.63) is 35.9 Å². The molecule has 0 spiro atoms. The van der Waals surface area contributed by atoms with Crippen LogP contribution in [0.4, 0.5) is 0 Å². The zero-order valence-corrected chi connectivity index (χ0v) is 13.4. The molecule has 0 aliphatic heterocycles. The molecule has 4 nitrogen and oxygen atoms in total. The molecule has 0 fully saturated rings. The first-order valence-electron chi connectivity index (χ1n) is 8.00. The summed E-state index contributed by atoms with van der Waals surface area (Å²) < 4.78 is 11.1. The van der Waals surface area contributed by atoms with Crippen LogP contribution in [0.1, 0.15) is 39.0 Å². The van der Waals surface area contributed by atoms with E-state index in [1.165, 1.54) is 18.4 Å². The first kappa shape index (κ1) is 16.4. The molecule has 1 atom stereocenters. The van der Waals surface area contributed by atoms with Crippen LogP contribution in [0.3, 0.4) is 0 Å². The van der Waals surface area contributed by atoms with Crippen molar-refractivity contribution >= 4 is 5.91 Å². The molecule has 0 saturated heterocycles. The van der Waals surface area contributed by atoms with E-state index in [1.54, 1.807) is 7.11 Å². The van der Waals surface area contributed by atoms with Gasteiger partial charge in [0, 0.05) is 6.54 Å². The summed E-state index contributed by atoms with van der Waals surface area (Å²) in [5.41, 5.74) is 1.33. The van der Waals surface area contributed by atoms with E-state index in [0.717, 1.165) is 12.8 Å². The summed E-state index contributed by atoms with van der Waals surface area (Å²) in [6, 6.07) is 7.39. The van der Waals surface area contributed by atoms with Gasteiger partial charge in [-0.15, -0.1) is 0 Å². The summed E-state index contributed by atoms with van der Waals surface area (Å²) in [5.74, 6) is 1.17. The molecule has 1 unspecified atom stereocenters. The fraction of sp³-hybridized carbons (Fsp3) is 0.500. The highest BCUT2D eigenvalue weighted by atomic mass is 16.5. The number of amides is 1. The monoisotopic (exact) mass is 303 g/mol. The second-order valence-corrected chi connectivity index (χ2v) is 5.49. The average molecular weight is 303 g/mol. The van der Waals surface area contributed by atoms with Crippen molar-refractivity contribution in [2.75, 3.05) is 13.7 Å². The highest BCUT2D eigenvalue weighted by molar-refractivity contribution is 5.81. The molecule has 2 rings (SSSR count). The number of benzene rings is 1. The summed E-state index contributed by atoms with van der Waals surface area (Å²) >= 11 is 0. The third kappa shape index (κ3) is 4.52. The molecule has 0 aromatic heterocycles. The maximum Gasteiger partial charge on any atom is 0.261 e. The predicted octanol–water partition coefficient (Wildman–Crippen LogP) is 3.47.